The fourth-order valence-electron chi connectivity index (χ4n) is 1.41. The molecule has 0 bridgehead atoms. The molecule has 0 fully saturated rings. The highest BCUT2D eigenvalue weighted by Gasteiger charge is 2.03. The SMILES string of the molecule is O=C(NN=Cc1ccccc1F)c1ccc(Br)cc1. The van der Waals surface area contributed by atoms with Crippen molar-refractivity contribution in [2.75, 3.05) is 0 Å². The molecule has 3 nitrogen and oxygen atoms in total. The number of hydrogen-bond donors (Lipinski definition) is 1. The molecule has 0 atom stereocenters. The van der Waals surface area contributed by atoms with Gasteiger partial charge in [-0.15, -0.1) is 0 Å². The summed E-state index contributed by atoms with van der Waals surface area (Å²) in [6, 6.07) is 13.0. The van der Waals surface area contributed by atoms with E-state index in [2.05, 4.69) is 26.5 Å². The molecule has 0 saturated carbocycles. The molecule has 2 aromatic rings. The van der Waals surface area contributed by atoms with Crippen LogP contribution in [0.15, 0.2) is 58.1 Å². The number of rotatable bonds is 3. The second-order valence-electron chi connectivity index (χ2n) is 3.73. The van der Waals surface area contributed by atoms with Gasteiger partial charge in [0.15, 0.2) is 0 Å². The molecule has 0 aliphatic carbocycles. The molecule has 0 spiro atoms. The standard InChI is InChI=1S/C14H10BrFN2O/c15-12-7-5-10(6-8-12)14(19)18-17-9-11-3-1-2-4-13(11)16/h1-9H,(H,18,19). The lowest BCUT2D eigenvalue weighted by Crippen LogP contribution is -2.17. The van der Waals surface area contributed by atoms with E-state index in [0.29, 0.717) is 11.1 Å². The first kappa shape index (κ1) is 13.4. The van der Waals surface area contributed by atoms with E-state index in [1.807, 2.05) is 0 Å². The largest absolute Gasteiger partial charge is 0.271 e. The normalized spacial score (nSPS) is 10.6. The van der Waals surface area contributed by atoms with E-state index < -0.39 is 0 Å². The lowest BCUT2D eigenvalue weighted by atomic mass is 10.2. The summed E-state index contributed by atoms with van der Waals surface area (Å²) in [7, 11) is 0. The number of nitrogens with one attached hydrogen (secondary N) is 1. The van der Waals surface area contributed by atoms with Crippen molar-refractivity contribution >= 4 is 28.1 Å². The fraction of sp³-hybridized carbons (Fsp3) is 0. The molecule has 0 radical (unpaired) electrons. The van der Waals surface area contributed by atoms with E-state index >= 15 is 0 Å². The van der Waals surface area contributed by atoms with Gasteiger partial charge in [0, 0.05) is 15.6 Å². The third kappa shape index (κ3) is 3.72. The average Bonchev–Trinajstić information content (AvgIpc) is 2.41. The van der Waals surface area contributed by atoms with Crippen molar-refractivity contribution in [3.63, 3.8) is 0 Å². The molecule has 0 saturated heterocycles. The van der Waals surface area contributed by atoms with Gasteiger partial charge in [0.05, 0.1) is 6.21 Å². The third-order valence-corrected chi connectivity index (χ3v) is 2.91. The maximum absolute atomic E-state index is 13.3. The summed E-state index contributed by atoms with van der Waals surface area (Å²) in [5.41, 5.74) is 3.14. The van der Waals surface area contributed by atoms with Crippen LogP contribution >= 0.6 is 15.9 Å². The Morgan fingerprint density at radius 3 is 2.53 bits per heavy atom. The maximum atomic E-state index is 13.3. The third-order valence-electron chi connectivity index (χ3n) is 2.38. The summed E-state index contributed by atoms with van der Waals surface area (Å²) >= 11 is 3.28. The number of halogens is 2. The van der Waals surface area contributed by atoms with E-state index in [0.717, 1.165) is 4.47 Å². The predicted molar refractivity (Wildman–Crippen MR) is 75.6 cm³/mol. The topological polar surface area (TPSA) is 41.5 Å². The van der Waals surface area contributed by atoms with Gasteiger partial charge in [-0.1, -0.05) is 34.1 Å². The summed E-state index contributed by atoms with van der Waals surface area (Å²) in [6.45, 7) is 0. The van der Waals surface area contributed by atoms with Crippen LogP contribution in [-0.4, -0.2) is 12.1 Å². The van der Waals surface area contributed by atoms with E-state index in [1.54, 1.807) is 42.5 Å². The van der Waals surface area contributed by atoms with Gasteiger partial charge in [0.1, 0.15) is 5.82 Å². The van der Waals surface area contributed by atoms with E-state index in [4.69, 9.17) is 0 Å². The number of hydrazone groups is 1. The minimum Gasteiger partial charge on any atom is -0.267 e. The highest BCUT2D eigenvalue weighted by Crippen LogP contribution is 2.10. The average molecular weight is 321 g/mol. The van der Waals surface area contributed by atoms with E-state index in [1.165, 1.54) is 12.3 Å². The second-order valence-corrected chi connectivity index (χ2v) is 4.64. The lowest BCUT2D eigenvalue weighted by Gasteiger charge is -2.00. The van der Waals surface area contributed by atoms with E-state index in [9.17, 15) is 9.18 Å². The lowest BCUT2D eigenvalue weighted by molar-refractivity contribution is 0.0955. The molecule has 19 heavy (non-hydrogen) atoms. The maximum Gasteiger partial charge on any atom is 0.271 e. The Balaban J connectivity index is 2.01. The molecule has 96 valence electrons. The highest BCUT2D eigenvalue weighted by atomic mass is 79.9. The van der Waals surface area contributed by atoms with Crippen LogP contribution in [0.3, 0.4) is 0 Å². The van der Waals surface area contributed by atoms with Crippen molar-refractivity contribution in [1.29, 1.82) is 0 Å². The molecule has 1 amide bonds. The molecule has 5 heteroatoms. The van der Waals surface area contributed by atoms with Crippen molar-refractivity contribution in [3.05, 3.63) is 69.9 Å². The van der Waals surface area contributed by atoms with Gasteiger partial charge in [0.25, 0.3) is 5.91 Å². The Morgan fingerprint density at radius 1 is 1.16 bits per heavy atom. The number of benzene rings is 2. The number of nitrogens with zero attached hydrogens (tertiary/aromatic N) is 1. The molecule has 0 aromatic heterocycles. The van der Waals surface area contributed by atoms with Crippen LogP contribution in [0.4, 0.5) is 4.39 Å². The van der Waals surface area contributed by atoms with Gasteiger partial charge < -0.3 is 0 Å². The molecule has 0 aliphatic heterocycles. The highest BCUT2D eigenvalue weighted by molar-refractivity contribution is 9.10. The number of carbonyl (C=O) groups excluding carboxylic acids is 1. The monoisotopic (exact) mass is 320 g/mol. The summed E-state index contributed by atoms with van der Waals surface area (Å²) < 4.78 is 14.2. The summed E-state index contributed by atoms with van der Waals surface area (Å²) in [6.07, 6.45) is 1.27. The number of amides is 1. The van der Waals surface area contributed by atoms with Gasteiger partial charge in [-0.2, -0.15) is 5.10 Å². The van der Waals surface area contributed by atoms with Crippen LogP contribution in [0.1, 0.15) is 15.9 Å². The Labute approximate surface area is 118 Å². The molecule has 1 N–H and O–H groups in total. The molecule has 0 heterocycles. The van der Waals surface area contributed by atoms with Gasteiger partial charge in [-0.25, -0.2) is 9.82 Å². The fourth-order valence-corrected chi connectivity index (χ4v) is 1.67. The quantitative estimate of drug-likeness (QED) is 0.684. The Kier molecular flexibility index (Phi) is 4.41. The molecule has 2 rings (SSSR count). The Morgan fingerprint density at radius 2 is 1.84 bits per heavy atom. The molecular formula is C14H10BrFN2O. The second kappa shape index (κ2) is 6.24. The van der Waals surface area contributed by atoms with Crippen molar-refractivity contribution in [2.24, 2.45) is 5.10 Å². The smallest absolute Gasteiger partial charge is 0.267 e. The van der Waals surface area contributed by atoms with Crippen LogP contribution in [0.25, 0.3) is 0 Å². The van der Waals surface area contributed by atoms with Gasteiger partial charge in [0.2, 0.25) is 0 Å². The van der Waals surface area contributed by atoms with Gasteiger partial charge in [-0.3, -0.25) is 4.79 Å². The molecular weight excluding hydrogens is 311 g/mol. The minimum atomic E-state index is -0.385. The van der Waals surface area contributed by atoms with Gasteiger partial charge >= 0.3 is 0 Å². The first-order valence-electron chi connectivity index (χ1n) is 5.50. The number of hydrogen-bond acceptors (Lipinski definition) is 2. The first-order valence-corrected chi connectivity index (χ1v) is 6.29. The molecule has 0 unspecified atom stereocenters. The summed E-state index contributed by atoms with van der Waals surface area (Å²) in [5, 5.41) is 3.72. The Hall–Kier alpha value is -2.01. The number of carbonyl (C=O) groups is 1. The first-order chi connectivity index (χ1) is 9.16. The van der Waals surface area contributed by atoms with Crippen molar-refractivity contribution in [3.8, 4) is 0 Å². The zero-order chi connectivity index (χ0) is 13.7. The van der Waals surface area contributed by atoms with Crippen molar-refractivity contribution in [1.82, 2.24) is 5.43 Å². The van der Waals surface area contributed by atoms with E-state index in [-0.39, 0.29) is 11.7 Å². The molecule has 0 aliphatic rings. The predicted octanol–water partition coefficient (Wildman–Crippen LogP) is 3.35. The zero-order valence-electron chi connectivity index (χ0n) is 9.81. The zero-order valence-corrected chi connectivity index (χ0v) is 11.4. The van der Waals surface area contributed by atoms with Crippen LogP contribution in [-0.2, 0) is 0 Å². The molecule has 2 aromatic carbocycles. The van der Waals surface area contributed by atoms with Crippen molar-refractivity contribution in [2.45, 2.75) is 0 Å². The van der Waals surface area contributed by atoms with Crippen LogP contribution in [0.2, 0.25) is 0 Å². The van der Waals surface area contributed by atoms with Crippen molar-refractivity contribution < 1.29 is 9.18 Å². The van der Waals surface area contributed by atoms with Gasteiger partial charge in [-0.05, 0) is 30.3 Å². The summed E-state index contributed by atoms with van der Waals surface area (Å²) in [4.78, 5) is 11.7. The summed E-state index contributed by atoms with van der Waals surface area (Å²) in [5.74, 6) is -0.732. The Bertz CT molecular complexity index is 611. The van der Waals surface area contributed by atoms with Crippen LogP contribution in [0.5, 0.6) is 0 Å². The van der Waals surface area contributed by atoms with Crippen LogP contribution < -0.4 is 5.43 Å². The minimum absolute atomic E-state index is 0.318. The van der Waals surface area contributed by atoms with Crippen LogP contribution in [0, 0.1) is 5.82 Å².